The Morgan fingerprint density at radius 2 is 2.16 bits per heavy atom. The van der Waals surface area contributed by atoms with Crippen LogP contribution in [-0.4, -0.2) is 17.2 Å². The van der Waals surface area contributed by atoms with Gasteiger partial charge in [0, 0.05) is 6.42 Å². The van der Waals surface area contributed by atoms with Crippen LogP contribution in [0.1, 0.15) is 17.0 Å². The van der Waals surface area contributed by atoms with Gasteiger partial charge in [-0.05, 0) is 25.5 Å². The molecule has 0 unspecified atom stereocenters. The number of para-hydroxylation sites is 1. The highest BCUT2D eigenvalue weighted by atomic mass is 16.5. The summed E-state index contributed by atoms with van der Waals surface area (Å²) in [5.41, 5.74) is 2.35. The SMILES string of the molecule is Cc1noc(C)c1NC(=O)[C@H]1Cc2ccccc2O1. The Labute approximate surface area is 110 Å². The fourth-order valence-corrected chi connectivity index (χ4v) is 2.19. The van der Waals surface area contributed by atoms with Crippen molar-refractivity contribution in [1.82, 2.24) is 5.16 Å². The monoisotopic (exact) mass is 258 g/mol. The number of ether oxygens (including phenoxy) is 1. The van der Waals surface area contributed by atoms with Crippen LogP contribution < -0.4 is 10.1 Å². The van der Waals surface area contributed by atoms with E-state index in [4.69, 9.17) is 9.26 Å². The van der Waals surface area contributed by atoms with E-state index >= 15 is 0 Å². The van der Waals surface area contributed by atoms with Crippen LogP contribution in [0.15, 0.2) is 28.8 Å². The number of rotatable bonds is 2. The number of benzene rings is 1. The number of hydrogen-bond donors (Lipinski definition) is 1. The average Bonchev–Trinajstić information content (AvgIpc) is 2.97. The van der Waals surface area contributed by atoms with Crippen LogP contribution in [0.3, 0.4) is 0 Å². The summed E-state index contributed by atoms with van der Waals surface area (Å²) in [6.07, 6.45) is 0.0943. The molecule has 0 spiro atoms. The molecule has 0 bridgehead atoms. The van der Waals surface area contributed by atoms with E-state index < -0.39 is 6.10 Å². The highest BCUT2D eigenvalue weighted by Crippen LogP contribution is 2.29. The summed E-state index contributed by atoms with van der Waals surface area (Å²) in [5, 5.41) is 6.62. The van der Waals surface area contributed by atoms with Crippen molar-refractivity contribution in [2.45, 2.75) is 26.4 Å². The second-order valence-electron chi connectivity index (χ2n) is 4.61. The highest BCUT2D eigenvalue weighted by Gasteiger charge is 2.29. The first-order valence-corrected chi connectivity index (χ1v) is 6.13. The number of carbonyl (C=O) groups is 1. The van der Waals surface area contributed by atoms with Crippen LogP contribution in [0.5, 0.6) is 5.75 Å². The molecule has 1 aliphatic heterocycles. The highest BCUT2D eigenvalue weighted by molar-refractivity contribution is 5.95. The Hall–Kier alpha value is -2.30. The number of aromatic nitrogens is 1. The van der Waals surface area contributed by atoms with Gasteiger partial charge in [0.25, 0.3) is 5.91 Å². The fourth-order valence-electron chi connectivity index (χ4n) is 2.19. The Kier molecular flexibility index (Phi) is 2.74. The summed E-state index contributed by atoms with van der Waals surface area (Å²) in [6.45, 7) is 3.55. The van der Waals surface area contributed by atoms with E-state index in [9.17, 15) is 4.79 Å². The molecule has 1 aromatic heterocycles. The first-order valence-electron chi connectivity index (χ1n) is 6.13. The number of fused-ring (bicyclic) bond motifs is 1. The number of hydrogen-bond acceptors (Lipinski definition) is 4. The summed E-state index contributed by atoms with van der Waals surface area (Å²) in [7, 11) is 0. The molecule has 5 heteroatoms. The van der Waals surface area contributed by atoms with E-state index in [0.29, 0.717) is 23.6 Å². The van der Waals surface area contributed by atoms with E-state index in [-0.39, 0.29) is 5.91 Å². The second-order valence-corrected chi connectivity index (χ2v) is 4.61. The normalized spacial score (nSPS) is 16.8. The molecule has 0 saturated carbocycles. The number of carbonyl (C=O) groups excluding carboxylic acids is 1. The third-order valence-corrected chi connectivity index (χ3v) is 3.22. The lowest BCUT2D eigenvalue weighted by molar-refractivity contribution is -0.122. The molecular weight excluding hydrogens is 244 g/mol. The van der Waals surface area contributed by atoms with Crippen LogP contribution >= 0.6 is 0 Å². The maximum absolute atomic E-state index is 12.2. The molecule has 0 radical (unpaired) electrons. The molecular formula is C14H14N2O3. The Morgan fingerprint density at radius 1 is 1.37 bits per heavy atom. The molecule has 1 aromatic carbocycles. The lowest BCUT2D eigenvalue weighted by Crippen LogP contribution is -2.31. The summed E-state index contributed by atoms with van der Waals surface area (Å²) in [6, 6.07) is 7.68. The smallest absolute Gasteiger partial charge is 0.265 e. The fraction of sp³-hybridized carbons (Fsp3) is 0.286. The number of nitrogens with zero attached hydrogens (tertiary/aromatic N) is 1. The van der Waals surface area contributed by atoms with Gasteiger partial charge in [0.2, 0.25) is 0 Å². The predicted molar refractivity (Wildman–Crippen MR) is 69.2 cm³/mol. The summed E-state index contributed by atoms with van der Waals surface area (Å²) in [5.74, 6) is 1.20. The second kappa shape index (κ2) is 4.42. The zero-order valence-electron chi connectivity index (χ0n) is 10.8. The third kappa shape index (κ3) is 2.07. The van der Waals surface area contributed by atoms with Gasteiger partial charge in [0.15, 0.2) is 11.9 Å². The van der Waals surface area contributed by atoms with E-state index in [0.717, 1.165) is 11.3 Å². The quantitative estimate of drug-likeness (QED) is 0.897. The summed E-state index contributed by atoms with van der Waals surface area (Å²) in [4.78, 5) is 12.2. The van der Waals surface area contributed by atoms with Gasteiger partial charge in [-0.2, -0.15) is 0 Å². The van der Waals surface area contributed by atoms with E-state index in [1.807, 2.05) is 24.3 Å². The summed E-state index contributed by atoms with van der Waals surface area (Å²) < 4.78 is 10.6. The number of amides is 1. The molecule has 5 nitrogen and oxygen atoms in total. The van der Waals surface area contributed by atoms with Crippen molar-refractivity contribution in [2.24, 2.45) is 0 Å². The largest absolute Gasteiger partial charge is 0.480 e. The maximum Gasteiger partial charge on any atom is 0.265 e. The van der Waals surface area contributed by atoms with Crippen molar-refractivity contribution >= 4 is 11.6 Å². The third-order valence-electron chi connectivity index (χ3n) is 3.22. The van der Waals surface area contributed by atoms with Crippen LogP contribution in [0.4, 0.5) is 5.69 Å². The molecule has 2 aromatic rings. The first kappa shape index (κ1) is 11.8. The van der Waals surface area contributed by atoms with Gasteiger partial charge in [0.1, 0.15) is 17.1 Å². The lowest BCUT2D eigenvalue weighted by atomic mass is 10.1. The molecule has 3 rings (SSSR count). The van der Waals surface area contributed by atoms with Crippen LogP contribution in [-0.2, 0) is 11.2 Å². The van der Waals surface area contributed by atoms with Gasteiger partial charge in [-0.1, -0.05) is 23.4 Å². The van der Waals surface area contributed by atoms with Crippen molar-refractivity contribution in [1.29, 1.82) is 0 Å². The first-order chi connectivity index (χ1) is 9.15. The van der Waals surface area contributed by atoms with E-state index in [1.165, 1.54) is 0 Å². The van der Waals surface area contributed by atoms with Gasteiger partial charge >= 0.3 is 0 Å². The van der Waals surface area contributed by atoms with Gasteiger partial charge in [0.05, 0.1) is 0 Å². The molecule has 98 valence electrons. The van der Waals surface area contributed by atoms with Crippen LogP contribution in [0.2, 0.25) is 0 Å². The van der Waals surface area contributed by atoms with Crippen molar-refractivity contribution < 1.29 is 14.1 Å². The molecule has 0 saturated heterocycles. The van der Waals surface area contributed by atoms with Crippen molar-refractivity contribution in [3.63, 3.8) is 0 Å². The van der Waals surface area contributed by atoms with Crippen molar-refractivity contribution in [2.75, 3.05) is 5.32 Å². The topological polar surface area (TPSA) is 64.4 Å². The number of anilines is 1. The molecule has 2 heterocycles. The molecule has 0 fully saturated rings. The zero-order chi connectivity index (χ0) is 13.4. The van der Waals surface area contributed by atoms with Gasteiger partial charge in [-0.25, -0.2) is 0 Å². The minimum absolute atomic E-state index is 0.175. The Bertz CT molecular complexity index is 589. The van der Waals surface area contributed by atoms with Crippen LogP contribution in [0, 0.1) is 13.8 Å². The van der Waals surface area contributed by atoms with Gasteiger partial charge < -0.3 is 14.6 Å². The van der Waals surface area contributed by atoms with Gasteiger partial charge in [-0.3, -0.25) is 4.79 Å². The predicted octanol–water partition coefficient (Wildman–Crippen LogP) is 2.23. The van der Waals surface area contributed by atoms with E-state index in [1.54, 1.807) is 13.8 Å². The Balaban J connectivity index is 1.74. The maximum atomic E-state index is 12.2. The minimum atomic E-state index is -0.494. The number of aryl methyl sites for hydroxylation is 2. The van der Waals surface area contributed by atoms with Crippen molar-refractivity contribution in [3.05, 3.63) is 41.3 Å². The number of nitrogens with one attached hydrogen (secondary N) is 1. The van der Waals surface area contributed by atoms with Gasteiger partial charge in [-0.15, -0.1) is 0 Å². The van der Waals surface area contributed by atoms with E-state index in [2.05, 4.69) is 10.5 Å². The molecule has 1 atom stereocenters. The average molecular weight is 258 g/mol. The minimum Gasteiger partial charge on any atom is -0.480 e. The molecule has 1 amide bonds. The molecule has 0 aliphatic carbocycles. The molecule has 19 heavy (non-hydrogen) atoms. The van der Waals surface area contributed by atoms with Crippen molar-refractivity contribution in [3.8, 4) is 5.75 Å². The lowest BCUT2D eigenvalue weighted by Gasteiger charge is -2.10. The zero-order valence-corrected chi connectivity index (χ0v) is 10.8. The van der Waals surface area contributed by atoms with Crippen LogP contribution in [0.25, 0.3) is 0 Å². The summed E-state index contributed by atoms with van der Waals surface area (Å²) >= 11 is 0. The molecule has 1 aliphatic rings. The Morgan fingerprint density at radius 3 is 2.84 bits per heavy atom. The standard InChI is InChI=1S/C14H14N2O3/c1-8-13(9(2)19-16-8)15-14(17)12-7-10-5-3-4-6-11(10)18-12/h3-6,12H,7H2,1-2H3,(H,15,17)/t12-/m1/s1. The molecule has 1 N–H and O–H groups in total.